The lowest BCUT2D eigenvalue weighted by Gasteiger charge is -2.49. The van der Waals surface area contributed by atoms with E-state index in [-0.39, 0.29) is 36.8 Å². The molecule has 2 rings (SSSR count). The maximum atomic E-state index is 12.7. The standard InChI is InChI=1S/C26H36N4O10/c1-14(2)26(6,23(35)36)30-13-18(21(30)32)27-20(31)19(29-38)15-7-9-16(10-8-15)39-12-11-17(22(33)34)28-24(37)40-25(3,4)5/h7-10,14,17-18,38H,11-13H2,1-6H3,(H,27,31)(H,28,37)(H,33,34)(H,35,36). The molecule has 1 saturated heterocycles. The van der Waals surface area contributed by atoms with E-state index < -0.39 is 53.1 Å². The van der Waals surface area contributed by atoms with Crippen LogP contribution in [-0.4, -0.2) is 92.3 Å². The summed E-state index contributed by atoms with van der Waals surface area (Å²) < 4.78 is 10.6. The Bertz CT molecular complexity index is 1160. The molecule has 0 aromatic heterocycles. The Labute approximate surface area is 231 Å². The number of β-lactam (4-membered cyclic amide) rings is 1. The Morgan fingerprint density at radius 1 is 1.10 bits per heavy atom. The number of benzene rings is 1. The Morgan fingerprint density at radius 3 is 2.15 bits per heavy atom. The predicted octanol–water partition coefficient (Wildman–Crippen LogP) is 1.44. The van der Waals surface area contributed by atoms with Crippen LogP contribution in [0.1, 0.15) is 53.5 Å². The van der Waals surface area contributed by atoms with E-state index in [1.54, 1.807) is 34.6 Å². The number of carboxylic acid groups (broad SMARTS) is 2. The van der Waals surface area contributed by atoms with Gasteiger partial charge in [-0.25, -0.2) is 14.4 Å². The van der Waals surface area contributed by atoms with Gasteiger partial charge in [0.1, 0.15) is 29.0 Å². The SMILES string of the molecule is CC(C)C(C)(C(=O)O)N1CC(NC(=O)C(=NO)c2ccc(OCCC(NC(=O)OC(C)(C)C)C(=O)O)cc2)C1=O. The summed E-state index contributed by atoms with van der Waals surface area (Å²) in [6, 6.07) is 3.55. The Balaban J connectivity index is 1.94. The van der Waals surface area contributed by atoms with Crippen molar-refractivity contribution in [2.75, 3.05) is 13.2 Å². The highest BCUT2D eigenvalue weighted by Crippen LogP contribution is 2.31. The van der Waals surface area contributed by atoms with Crippen LogP contribution in [0.2, 0.25) is 0 Å². The average Bonchev–Trinajstić information content (AvgIpc) is 2.84. The fraction of sp³-hybridized carbons (Fsp3) is 0.538. The Kier molecular flexibility index (Phi) is 10.1. The first kappa shape index (κ1) is 31.9. The van der Waals surface area contributed by atoms with E-state index in [1.165, 1.54) is 36.1 Å². The first-order chi connectivity index (χ1) is 18.5. The zero-order valence-corrected chi connectivity index (χ0v) is 23.3. The van der Waals surface area contributed by atoms with Gasteiger partial charge in [-0.1, -0.05) is 19.0 Å². The van der Waals surface area contributed by atoms with Crippen molar-refractivity contribution >= 4 is 35.6 Å². The molecule has 1 aliphatic rings. The summed E-state index contributed by atoms with van der Waals surface area (Å²) in [4.78, 5) is 61.6. The average molecular weight is 565 g/mol. The predicted molar refractivity (Wildman–Crippen MR) is 140 cm³/mol. The van der Waals surface area contributed by atoms with Crippen molar-refractivity contribution in [2.24, 2.45) is 11.1 Å². The highest BCUT2D eigenvalue weighted by Gasteiger charge is 2.53. The number of nitrogens with one attached hydrogen (secondary N) is 2. The molecule has 1 aromatic carbocycles. The molecule has 14 nitrogen and oxygen atoms in total. The van der Waals surface area contributed by atoms with Crippen LogP contribution in [0, 0.1) is 5.92 Å². The van der Waals surface area contributed by atoms with Crippen molar-refractivity contribution in [1.29, 1.82) is 0 Å². The molecule has 14 heteroatoms. The summed E-state index contributed by atoms with van der Waals surface area (Å²) >= 11 is 0. The second-order valence-corrected chi connectivity index (χ2v) is 10.7. The fourth-order valence-electron chi connectivity index (χ4n) is 3.80. The van der Waals surface area contributed by atoms with Crippen molar-refractivity contribution in [3.8, 4) is 5.75 Å². The van der Waals surface area contributed by atoms with E-state index in [4.69, 9.17) is 9.47 Å². The van der Waals surface area contributed by atoms with Crippen LogP contribution in [0.5, 0.6) is 5.75 Å². The second kappa shape index (κ2) is 12.7. The third-order valence-electron chi connectivity index (χ3n) is 6.46. The van der Waals surface area contributed by atoms with E-state index >= 15 is 0 Å². The van der Waals surface area contributed by atoms with Crippen molar-refractivity contribution in [1.82, 2.24) is 15.5 Å². The topological polar surface area (TPSA) is 204 Å². The number of nitrogens with zero attached hydrogens (tertiary/aromatic N) is 2. The van der Waals surface area contributed by atoms with Gasteiger partial charge in [-0.3, -0.25) is 9.59 Å². The van der Waals surface area contributed by atoms with Crippen LogP contribution < -0.4 is 15.4 Å². The molecule has 1 fully saturated rings. The van der Waals surface area contributed by atoms with Gasteiger partial charge in [-0.15, -0.1) is 0 Å². The lowest BCUT2D eigenvalue weighted by Crippen LogP contribution is -2.73. The number of hydrogen-bond acceptors (Lipinski definition) is 9. The normalized spacial score (nSPS) is 17.8. The molecule has 1 heterocycles. The maximum Gasteiger partial charge on any atom is 0.408 e. The number of carbonyl (C=O) groups is 5. The van der Waals surface area contributed by atoms with Gasteiger partial charge in [-0.2, -0.15) is 0 Å². The molecule has 1 aliphatic heterocycles. The minimum atomic E-state index is -1.43. The molecule has 0 radical (unpaired) electrons. The van der Waals surface area contributed by atoms with E-state index in [2.05, 4.69) is 15.8 Å². The zero-order valence-electron chi connectivity index (χ0n) is 23.3. The second-order valence-electron chi connectivity index (χ2n) is 10.7. The van der Waals surface area contributed by atoms with Crippen molar-refractivity contribution in [3.05, 3.63) is 29.8 Å². The molecule has 40 heavy (non-hydrogen) atoms. The van der Waals surface area contributed by atoms with Crippen LogP contribution >= 0.6 is 0 Å². The molecule has 3 atom stereocenters. The summed E-state index contributed by atoms with van der Waals surface area (Å²) in [6.45, 7) is 9.67. The number of hydrogen-bond donors (Lipinski definition) is 5. The number of aliphatic carboxylic acids is 2. The molecule has 0 spiro atoms. The van der Waals surface area contributed by atoms with Gasteiger partial charge in [0.05, 0.1) is 13.2 Å². The van der Waals surface area contributed by atoms with E-state index in [9.17, 15) is 39.4 Å². The molecule has 1 aromatic rings. The van der Waals surface area contributed by atoms with Gasteiger partial charge in [0.2, 0.25) is 5.91 Å². The van der Waals surface area contributed by atoms with Crippen molar-refractivity contribution in [2.45, 2.75) is 71.2 Å². The summed E-state index contributed by atoms with van der Waals surface area (Å²) in [7, 11) is 0. The monoisotopic (exact) mass is 564 g/mol. The molecular formula is C26H36N4O10. The highest BCUT2D eigenvalue weighted by molar-refractivity contribution is 6.45. The van der Waals surface area contributed by atoms with E-state index in [0.29, 0.717) is 5.75 Å². The molecule has 3 unspecified atom stereocenters. The molecule has 0 saturated carbocycles. The fourth-order valence-corrected chi connectivity index (χ4v) is 3.80. The molecule has 0 aliphatic carbocycles. The minimum Gasteiger partial charge on any atom is -0.494 e. The van der Waals surface area contributed by atoms with Crippen LogP contribution in [0.3, 0.4) is 0 Å². The number of likely N-dealkylation sites (tertiary alicyclic amines) is 1. The van der Waals surface area contributed by atoms with E-state index in [1.807, 2.05) is 0 Å². The largest absolute Gasteiger partial charge is 0.494 e. The number of carbonyl (C=O) groups excluding carboxylic acids is 3. The molecule has 0 bridgehead atoms. The summed E-state index contributed by atoms with van der Waals surface area (Å²) in [5.41, 5.74) is -2.40. The van der Waals surface area contributed by atoms with Crippen LogP contribution in [0.4, 0.5) is 4.79 Å². The third-order valence-corrected chi connectivity index (χ3v) is 6.46. The first-order valence-electron chi connectivity index (χ1n) is 12.5. The van der Waals surface area contributed by atoms with Crippen LogP contribution in [0.25, 0.3) is 0 Å². The summed E-state index contributed by atoms with van der Waals surface area (Å²) in [6.07, 6.45) is -0.933. The van der Waals surface area contributed by atoms with Crippen LogP contribution in [-0.2, 0) is 23.9 Å². The van der Waals surface area contributed by atoms with E-state index in [0.717, 1.165) is 0 Å². The van der Waals surface area contributed by atoms with Gasteiger partial charge in [0, 0.05) is 12.0 Å². The number of oxime groups is 1. The Hall–Kier alpha value is -4.36. The van der Waals surface area contributed by atoms with Gasteiger partial charge >= 0.3 is 18.0 Å². The number of ether oxygens (including phenoxy) is 2. The van der Waals surface area contributed by atoms with Gasteiger partial charge < -0.3 is 40.4 Å². The molecule has 5 N–H and O–H groups in total. The van der Waals surface area contributed by atoms with Crippen molar-refractivity contribution in [3.63, 3.8) is 0 Å². The van der Waals surface area contributed by atoms with Gasteiger partial charge in [-0.05, 0) is 57.9 Å². The number of alkyl carbamates (subject to hydrolysis) is 1. The van der Waals surface area contributed by atoms with Gasteiger partial charge in [0.25, 0.3) is 5.91 Å². The van der Waals surface area contributed by atoms with Crippen LogP contribution in [0.15, 0.2) is 29.4 Å². The lowest BCUT2D eigenvalue weighted by molar-refractivity contribution is -0.172. The van der Waals surface area contributed by atoms with Crippen molar-refractivity contribution < 1.29 is 48.9 Å². The number of amides is 3. The lowest BCUT2D eigenvalue weighted by atomic mass is 9.83. The smallest absolute Gasteiger partial charge is 0.408 e. The molecule has 3 amide bonds. The maximum absolute atomic E-state index is 12.7. The molecular weight excluding hydrogens is 528 g/mol. The number of carboxylic acids is 2. The third kappa shape index (κ3) is 7.61. The number of rotatable bonds is 12. The quantitative estimate of drug-likeness (QED) is 0.107. The summed E-state index contributed by atoms with van der Waals surface area (Å²) in [5.74, 6) is -3.88. The zero-order chi connectivity index (χ0) is 30.4. The summed E-state index contributed by atoms with van der Waals surface area (Å²) in [5, 5.41) is 36.1. The highest BCUT2D eigenvalue weighted by atomic mass is 16.6. The first-order valence-corrected chi connectivity index (χ1v) is 12.5. The molecule has 220 valence electrons. The Morgan fingerprint density at radius 2 is 1.70 bits per heavy atom. The minimum absolute atomic E-state index is 0.0167. The van der Waals surface area contributed by atoms with Gasteiger partial charge in [0.15, 0.2) is 5.71 Å².